The Morgan fingerprint density at radius 1 is 1.37 bits per heavy atom. The lowest BCUT2D eigenvalue weighted by Crippen LogP contribution is -2.41. The highest BCUT2D eigenvalue weighted by Crippen LogP contribution is 2.34. The SMILES string of the molecule is CC1CCN(C(=O)[C@H](C)Sc2nc3scc(-c4cccs4)c3c(=O)[nH]2)CC1. The third-order valence-electron chi connectivity index (χ3n) is 4.94. The van der Waals surface area contributed by atoms with Crippen molar-refractivity contribution in [2.45, 2.75) is 37.1 Å². The van der Waals surface area contributed by atoms with Crippen molar-refractivity contribution in [3.05, 3.63) is 33.2 Å². The van der Waals surface area contributed by atoms with Gasteiger partial charge in [-0.2, -0.15) is 0 Å². The van der Waals surface area contributed by atoms with Crippen LogP contribution in [0.2, 0.25) is 0 Å². The van der Waals surface area contributed by atoms with Crippen molar-refractivity contribution in [3.63, 3.8) is 0 Å². The summed E-state index contributed by atoms with van der Waals surface area (Å²) >= 11 is 4.41. The maximum Gasteiger partial charge on any atom is 0.260 e. The lowest BCUT2D eigenvalue weighted by Gasteiger charge is -2.31. The third kappa shape index (κ3) is 3.83. The van der Waals surface area contributed by atoms with Gasteiger partial charge in [-0.25, -0.2) is 4.98 Å². The average molecular weight is 420 g/mol. The van der Waals surface area contributed by atoms with E-state index in [9.17, 15) is 9.59 Å². The van der Waals surface area contributed by atoms with Crippen LogP contribution >= 0.6 is 34.4 Å². The van der Waals surface area contributed by atoms with Crippen molar-refractivity contribution in [1.82, 2.24) is 14.9 Å². The van der Waals surface area contributed by atoms with Crippen LogP contribution in [0.3, 0.4) is 0 Å². The molecule has 3 aromatic rings. The zero-order valence-electron chi connectivity index (χ0n) is 15.2. The molecule has 8 heteroatoms. The minimum absolute atomic E-state index is 0.125. The van der Waals surface area contributed by atoms with E-state index in [0.29, 0.717) is 16.5 Å². The van der Waals surface area contributed by atoms with Crippen LogP contribution in [0.4, 0.5) is 0 Å². The predicted octanol–water partition coefficient (Wildman–Crippen LogP) is 4.45. The molecule has 0 aromatic carbocycles. The van der Waals surface area contributed by atoms with Crippen molar-refractivity contribution in [2.24, 2.45) is 5.92 Å². The Morgan fingerprint density at radius 2 is 2.15 bits per heavy atom. The van der Waals surface area contributed by atoms with Gasteiger partial charge in [0.05, 0.1) is 10.6 Å². The summed E-state index contributed by atoms with van der Waals surface area (Å²) in [7, 11) is 0. The van der Waals surface area contributed by atoms with E-state index < -0.39 is 0 Å². The number of rotatable bonds is 4. The molecule has 1 saturated heterocycles. The van der Waals surface area contributed by atoms with E-state index in [1.165, 1.54) is 23.1 Å². The number of carbonyl (C=O) groups is 1. The second-order valence-corrected chi connectivity index (χ2v) is 10.1. The molecular weight excluding hydrogens is 398 g/mol. The molecule has 142 valence electrons. The van der Waals surface area contributed by atoms with Crippen LogP contribution in [0.25, 0.3) is 20.7 Å². The van der Waals surface area contributed by atoms with Gasteiger partial charge >= 0.3 is 0 Å². The lowest BCUT2D eigenvalue weighted by atomic mass is 9.99. The normalized spacial score (nSPS) is 16.7. The molecule has 1 amide bonds. The van der Waals surface area contributed by atoms with E-state index in [1.807, 2.05) is 34.7 Å². The molecule has 0 saturated carbocycles. The van der Waals surface area contributed by atoms with E-state index in [2.05, 4.69) is 16.9 Å². The number of hydrogen-bond acceptors (Lipinski definition) is 6. The minimum atomic E-state index is -0.268. The predicted molar refractivity (Wildman–Crippen MR) is 114 cm³/mol. The van der Waals surface area contributed by atoms with E-state index in [-0.39, 0.29) is 16.7 Å². The van der Waals surface area contributed by atoms with Gasteiger partial charge in [0.15, 0.2) is 5.16 Å². The van der Waals surface area contributed by atoms with Crippen molar-refractivity contribution >= 4 is 50.6 Å². The van der Waals surface area contributed by atoms with E-state index in [0.717, 1.165) is 41.2 Å². The smallest absolute Gasteiger partial charge is 0.260 e. The van der Waals surface area contributed by atoms with Gasteiger partial charge in [-0.15, -0.1) is 22.7 Å². The van der Waals surface area contributed by atoms with Crippen LogP contribution < -0.4 is 5.56 Å². The highest BCUT2D eigenvalue weighted by Gasteiger charge is 2.26. The summed E-state index contributed by atoms with van der Waals surface area (Å²) in [5.41, 5.74) is 0.792. The first kappa shape index (κ1) is 18.7. The molecule has 0 bridgehead atoms. The number of thiophene rings is 2. The molecule has 0 unspecified atom stereocenters. The van der Waals surface area contributed by atoms with Gasteiger partial charge in [0, 0.05) is 28.9 Å². The molecule has 27 heavy (non-hydrogen) atoms. The minimum Gasteiger partial charge on any atom is -0.342 e. The van der Waals surface area contributed by atoms with E-state index in [4.69, 9.17) is 0 Å². The molecule has 1 N–H and O–H groups in total. The molecule has 4 rings (SSSR count). The number of aromatic nitrogens is 2. The van der Waals surface area contributed by atoms with Gasteiger partial charge in [-0.1, -0.05) is 24.8 Å². The fourth-order valence-corrected chi connectivity index (χ4v) is 6.00. The average Bonchev–Trinajstić information content (AvgIpc) is 3.31. The first-order chi connectivity index (χ1) is 13.0. The highest BCUT2D eigenvalue weighted by molar-refractivity contribution is 8.00. The zero-order chi connectivity index (χ0) is 19.0. The second-order valence-electron chi connectivity index (χ2n) is 6.95. The Hall–Kier alpha value is -1.64. The molecule has 3 aromatic heterocycles. The van der Waals surface area contributed by atoms with Gasteiger partial charge in [0.2, 0.25) is 5.91 Å². The molecule has 1 fully saturated rings. The summed E-state index contributed by atoms with van der Waals surface area (Å²) < 4.78 is 0. The lowest BCUT2D eigenvalue weighted by molar-refractivity contribution is -0.131. The van der Waals surface area contributed by atoms with Crippen LogP contribution in [0, 0.1) is 5.92 Å². The standard InChI is InChI=1S/C19H21N3O2S3/c1-11-5-7-22(8-6-11)18(24)12(2)27-19-20-16(23)15-13(10-26-17(15)21-19)14-4-3-9-25-14/h3-4,9-12H,5-8H2,1-2H3,(H,20,21,23)/t12-/m0/s1. The Labute approximate surface area is 169 Å². The van der Waals surface area contributed by atoms with Gasteiger partial charge in [0.1, 0.15) is 4.83 Å². The first-order valence-electron chi connectivity index (χ1n) is 9.03. The maximum atomic E-state index is 12.7. The quantitative estimate of drug-likeness (QED) is 0.501. The van der Waals surface area contributed by atoms with Crippen molar-refractivity contribution < 1.29 is 4.79 Å². The van der Waals surface area contributed by atoms with Crippen LogP contribution in [0.15, 0.2) is 32.8 Å². The largest absolute Gasteiger partial charge is 0.342 e. The summed E-state index contributed by atoms with van der Waals surface area (Å²) in [6.45, 7) is 5.77. The molecule has 5 nitrogen and oxygen atoms in total. The van der Waals surface area contributed by atoms with Crippen molar-refractivity contribution in [2.75, 3.05) is 13.1 Å². The number of carbonyl (C=O) groups excluding carboxylic acids is 1. The summed E-state index contributed by atoms with van der Waals surface area (Å²) in [6.07, 6.45) is 2.12. The Balaban J connectivity index is 1.54. The molecule has 1 aliphatic heterocycles. The number of amides is 1. The Bertz CT molecular complexity index is 1000. The number of hydrogen-bond donors (Lipinski definition) is 1. The van der Waals surface area contributed by atoms with Crippen LogP contribution in [-0.2, 0) is 4.79 Å². The first-order valence-corrected chi connectivity index (χ1v) is 11.7. The fourth-order valence-electron chi connectivity index (χ4n) is 3.30. The molecule has 1 atom stereocenters. The number of aromatic amines is 1. The summed E-state index contributed by atoms with van der Waals surface area (Å²) in [5.74, 6) is 0.814. The topological polar surface area (TPSA) is 66.1 Å². The number of piperidine rings is 1. The number of nitrogens with one attached hydrogen (secondary N) is 1. The third-order valence-corrected chi connectivity index (χ3v) is 7.69. The Kier molecular flexibility index (Phi) is 5.39. The number of thioether (sulfide) groups is 1. The highest BCUT2D eigenvalue weighted by atomic mass is 32.2. The number of H-pyrrole nitrogens is 1. The Morgan fingerprint density at radius 3 is 2.85 bits per heavy atom. The molecule has 0 aliphatic carbocycles. The van der Waals surface area contributed by atoms with Crippen molar-refractivity contribution in [1.29, 1.82) is 0 Å². The number of fused-ring (bicyclic) bond motifs is 1. The van der Waals surface area contributed by atoms with E-state index in [1.54, 1.807) is 11.3 Å². The molecule has 0 spiro atoms. The summed E-state index contributed by atoms with van der Waals surface area (Å²) in [5, 5.41) is 4.86. The molecule has 0 radical (unpaired) electrons. The summed E-state index contributed by atoms with van der Waals surface area (Å²) in [6, 6.07) is 3.98. The fraction of sp³-hybridized carbons (Fsp3) is 0.421. The monoisotopic (exact) mass is 419 g/mol. The van der Waals surface area contributed by atoms with Crippen LogP contribution in [0.1, 0.15) is 26.7 Å². The van der Waals surface area contributed by atoms with Gasteiger partial charge in [-0.3, -0.25) is 9.59 Å². The van der Waals surface area contributed by atoms with Gasteiger partial charge in [-0.05, 0) is 37.1 Å². The van der Waals surface area contributed by atoms with Crippen LogP contribution in [0.5, 0.6) is 0 Å². The molecule has 1 aliphatic rings. The van der Waals surface area contributed by atoms with Crippen molar-refractivity contribution in [3.8, 4) is 10.4 Å². The van der Waals surface area contributed by atoms with Crippen LogP contribution in [-0.4, -0.2) is 39.1 Å². The van der Waals surface area contributed by atoms with Gasteiger partial charge in [0.25, 0.3) is 5.56 Å². The number of likely N-dealkylation sites (tertiary alicyclic amines) is 1. The van der Waals surface area contributed by atoms with Gasteiger partial charge < -0.3 is 9.88 Å². The number of nitrogens with zero attached hydrogens (tertiary/aromatic N) is 2. The zero-order valence-corrected chi connectivity index (χ0v) is 17.7. The molecular formula is C19H21N3O2S3. The molecule has 4 heterocycles. The second kappa shape index (κ2) is 7.77. The summed E-state index contributed by atoms with van der Waals surface area (Å²) in [4.78, 5) is 36.6. The maximum absolute atomic E-state index is 12.7. The van der Waals surface area contributed by atoms with E-state index >= 15 is 0 Å².